The minimum atomic E-state index is 0.512. The fourth-order valence-electron chi connectivity index (χ4n) is 7.96. The van der Waals surface area contributed by atoms with Crippen molar-refractivity contribution < 1.29 is 0 Å². The third-order valence-electron chi connectivity index (χ3n) is 10.2. The van der Waals surface area contributed by atoms with E-state index in [1.54, 1.807) is 0 Å². The van der Waals surface area contributed by atoms with Gasteiger partial charge in [-0.3, -0.25) is 0 Å². The van der Waals surface area contributed by atoms with Crippen LogP contribution >= 0.6 is 24.4 Å². The van der Waals surface area contributed by atoms with Gasteiger partial charge < -0.3 is 9.47 Å². The van der Waals surface area contributed by atoms with Crippen LogP contribution in [0.25, 0.3) is 55.3 Å². The third-order valence-corrected chi connectivity index (χ3v) is 11.7. The number of fused-ring (bicyclic) bond motifs is 8. The van der Waals surface area contributed by atoms with E-state index >= 15 is 0 Å². The van der Waals surface area contributed by atoms with Crippen molar-refractivity contribution in [1.29, 1.82) is 0 Å². The van der Waals surface area contributed by atoms with E-state index in [4.69, 9.17) is 12.6 Å². The lowest BCUT2D eigenvalue weighted by molar-refractivity contribution is 0.690. The molecule has 10 rings (SSSR count). The van der Waals surface area contributed by atoms with E-state index in [1.165, 1.54) is 81.7 Å². The van der Waals surface area contributed by atoms with Crippen molar-refractivity contribution in [2.75, 3.05) is 4.90 Å². The van der Waals surface area contributed by atoms with Gasteiger partial charge >= 0.3 is 0 Å². The normalized spacial score (nSPS) is 15.1. The number of hydrogen-bond donors (Lipinski definition) is 1. The summed E-state index contributed by atoms with van der Waals surface area (Å²) in [7, 11) is 0. The molecule has 1 aromatic heterocycles. The lowest BCUT2D eigenvalue weighted by Gasteiger charge is -2.33. The van der Waals surface area contributed by atoms with Crippen LogP contribution in [-0.4, -0.2) is 4.57 Å². The van der Waals surface area contributed by atoms with Gasteiger partial charge in [-0.2, -0.15) is 0 Å². The highest BCUT2D eigenvalue weighted by Crippen LogP contribution is 2.53. The number of allylic oxidation sites excluding steroid dienone is 1. The Hall–Kier alpha value is -5.16. The van der Waals surface area contributed by atoms with Crippen molar-refractivity contribution in [2.45, 2.75) is 28.0 Å². The first-order chi connectivity index (χ1) is 24.1. The van der Waals surface area contributed by atoms with Gasteiger partial charge in [0.1, 0.15) is 0 Å². The van der Waals surface area contributed by atoms with E-state index in [-0.39, 0.29) is 0 Å². The molecule has 8 aromatic rings. The van der Waals surface area contributed by atoms with Crippen molar-refractivity contribution in [3.63, 3.8) is 0 Å². The molecule has 7 aromatic carbocycles. The first-order valence-corrected chi connectivity index (χ1v) is 18.1. The topological polar surface area (TPSA) is 8.17 Å². The molecular weight excluding hydrogens is 633 g/mol. The molecular formula is C45H32N2S2. The summed E-state index contributed by atoms with van der Waals surface area (Å²) in [6.45, 7) is 2.31. The zero-order valence-electron chi connectivity index (χ0n) is 27.0. The second-order valence-electron chi connectivity index (χ2n) is 13.2. The maximum atomic E-state index is 4.94. The molecule has 1 aliphatic carbocycles. The Labute approximate surface area is 295 Å². The zero-order valence-corrected chi connectivity index (χ0v) is 28.7. The summed E-state index contributed by atoms with van der Waals surface area (Å²) in [5.74, 6) is 0.512. The summed E-state index contributed by atoms with van der Waals surface area (Å²) in [5.41, 5.74) is 11.2. The largest absolute Gasteiger partial charge is 0.313 e. The molecule has 0 bridgehead atoms. The second kappa shape index (κ2) is 11.2. The van der Waals surface area contributed by atoms with Crippen LogP contribution in [-0.2, 0) is 6.42 Å². The van der Waals surface area contributed by atoms with E-state index in [0.717, 1.165) is 17.0 Å². The standard InChI is InChI=1S/C45H32N2S2/c1-28-15-21-36-35-11-5-6-12-37(35)46(40(36)25-28)33-20-23-39-43(27-33)49-42-14-8-7-13-38(42)47(39)32-19-22-34-31(26-32)17-16-30-18-24-41(48)45(44(30)34)29-9-3-2-4-10-29/h2-24,26-28,48H,25H2,1H3. The Balaban J connectivity index is 1.15. The molecule has 0 N–H and O–H groups in total. The molecule has 1 aliphatic heterocycles. The smallest absolute Gasteiger partial charge is 0.0603 e. The van der Waals surface area contributed by atoms with E-state index in [1.807, 2.05) is 11.8 Å². The van der Waals surface area contributed by atoms with Crippen molar-refractivity contribution >= 4 is 80.0 Å². The molecule has 0 fully saturated rings. The van der Waals surface area contributed by atoms with Gasteiger partial charge in [0, 0.05) is 48.3 Å². The molecule has 1 atom stereocenters. The minimum absolute atomic E-state index is 0.512. The molecule has 4 heteroatoms. The average molecular weight is 665 g/mol. The molecule has 49 heavy (non-hydrogen) atoms. The number of benzene rings is 7. The average Bonchev–Trinajstić information content (AvgIpc) is 3.47. The number of hydrogen-bond acceptors (Lipinski definition) is 3. The quantitative estimate of drug-likeness (QED) is 0.149. The van der Waals surface area contributed by atoms with Crippen LogP contribution in [0.15, 0.2) is 160 Å². The van der Waals surface area contributed by atoms with Gasteiger partial charge in [0.15, 0.2) is 0 Å². The molecule has 2 aliphatic rings. The lowest BCUT2D eigenvalue weighted by Crippen LogP contribution is -2.15. The monoisotopic (exact) mass is 664 g/mol. The Morgan fingerprint density at radius 3 is 2.33 bits per heavy atom. The Bertz CT molecular complexity index is 2650. The van der Waals surface area contributed by atoms with Gasteiger partial charge in [0.2, 0.25) is 0 Å². The second-order valence-corrected chi connectivity index (χ2v) is 14.8. The van der Waals surface area contributed by atoms with E-state index in [9.17, 15) is 0 Å². The predicted octanol–water partition coefficient (Wildman–Crippen LogP) is 13.0. The fraction of sp³-hybridized carbons (Fsp3) is 0.0667. The number of para-hydroxylation sites is 2. The van der Waals surface area contributed by atoms with Gasteiger partial charge in [0.25, 0.3) is 0 Å². The van der Waals surface area contributed by atoms with E-state index < -0.39 is 0 Å². The molecule has 0 spiro atoms. The maximum absolute atomic E-state index is 4.94. The Kier molecular flexibility index (Phi) is 6.58. The van der Waals surface area contributed by atoms with Gasteiger partial charge in [-0.1, -0.05) is 116 Å². The third kappa shape index (κ3) is 4.51. The van der Waals surface area contributed by atoms with E-state index in [2.05, 4.69) is 168 Å². The highest BCUT2D eigenvalue weighted by Gasteiger charge is 2.27. The predicted molar refractivity (Wildman–Crippen MR) is 212 cm³/mol. The summed E-state index contributed by atoms with van der Waals surface area (Å²) in [6.07, 6.45) is 5.71. The van der Waals surface area contributed by atoms with Crippen molar-refractivity contribution in [2.24, 2.45) is 5.92 Å². The van der Waals surface area contributed by atoms with Crippen LogP contribution in [0.5, 0.6) is 0 Å². The van der Waals surface area contributed by atoms with Crippen molar-refractivity contribution in [3.05, 3.63) is 157 Å². The highest BCUT2D eigenvalue weighted by molar-refractivity contribution is 7.99. The molecule has 0 radical (unpaired) electrons. The summed E-state index contributed by atoms with van der Waals surface area (Å²) in [4.78, 5) is 5.94. The van der Waals surface area contributed by atoms with Crippen molar-refractivity contribution in [1.82, 2.24) is 4.57 Å². The summed E-state index contributed by atoms with van der Waals surface area (Å²) < 4.78 is 2.50. The minimum Gasteiger partial charge on any atom is -0.313 e. The van der Waals surface area contributed by atoms with Gasteiger partial charge in [-0.25, -0.2) is 0 Å². The maximum Gasteiger partial charge on any atom is 0.0603 e. The van der Waals surface area contributed by atoms with Crippen LogP contribution in [0.4, 0.5) is 17.1 Å². The first kappa shape index (κ1) is 28.8. The summed E-state index contributed by atoms with van der Waals surface area (Å²) in [5, 5.41) is 6.23. The number of aromatic nitrogens is 1. The zero-order chi connectivity index (χ0) is 32.6. The van der Waals surface area contributed by atoms with Crippen LogP contribution < -0.4 is 4.90 Å². The SMILES string of the molecule is CC1C=Cc2c(n(-c3ccc4c(c3)Sc3ccccc3N4c3ccc4c(ccc5ccc(S)c(-c6ccccc6)c54)c3)c3ccccc23)C1. The molecule has 1 unspecified atom stereocenters. The first-order valence-electron chi connectivity index (χ1n) is 16.9. The number of nitrogens with zero attached hydrogens (tertiary/aromatic N) is 2. The molecule has 0 amide bonds. The molecule has 234 valence electrons. The van der Waals surface area contributed by atoms with Crippen LogP contribution in [0, 0.1) is 5.92 Å². The number of thiol groups is 1. The Morgan fingerprint density at radius 1 is 0.653 bits per heavy atom. The number of anilines is 3. The van der Waals surface area contributed by atoms with Crippen molar-refractivity contribution in [3.8, 4) is 16.8 Å². The van der Waals surface area contributed by atoms with Gasteiger partial charge in [-0.15, -0.1) is 12.6 Å². The molecule has 0 saturated carbocycles. The van der Waals surface area contributed by atoms with E-state index in [0.29, 0.717) is 5.92 Å². The molecule has 2 nitrogen and oxygen atoms in total. The molecule has 2 heterocycles. The van der Waals surface area contributed by atoms with Crippen LogP contribution in [0.3, 0.4) is 0 Å². The summed E-state index contributed by atoms with van der Waals surface area (Å²) in [6, 6.07) is 51.0. The van der Waals surface area contributed by atoms with Crippen LogP contribution in [0.1, 0.15) is 18.2 Å². The lowest BCUT2D eigenvalue weighted by atomic mass is 9.93. The Morgan fingerprint density at radius 2 is 1.41 bits per heavy atom. The molecule has 0 saturated heterocycles. The van der Waals surface area contributed by atoms with Gasteiger partial charge in [-0.05, 0) is 94.0 Å². The summed E-state index contributed by atoms with van der Waals surface area (Å²) >= 11 is 6.81. The van der Waals surface area contributed by atoms with Gasteiger partial charge in [0.05, 0.1) is 16.9 Å². The number of rotatable bonds is 3. The highest BCUT2D eigenvalue weighted by atomic mass is 32.2. The van der Waals surface area contributed by atoms with Crippen LogP contribution in [0.2, 0.25) is 0 Å². The fourth-order valence-corrected chi connectivity index (χ4v) is 9.37.